The van der Waals surface area contributed by atoms with E-state index in [4.69, 9.17) is 0 Å². The number of carbonyl (C=O) groups is 1. The topological polar surface area (TPSA) is 34.9 Å². The van der Waals surface area contributed by atoms with E-state index in [0.717, 1.165) is 25.0 Å². The maximum absolute atomic E-state index is 11.9. The molecule has 1 heterocycles. The molecule has 3 nitrogen and oxygen atoms in total. The summed E-state index contributed by atoms with van der Waals surface area (Å²) in [4.78, 5) is 11.9. The smallest absolute Gasteiger partial charge is 0.138 e. The van der Waals surface area contributed by atoms with Gasteiger partial charge < -0.3 is 0 Å². The Bertz CT molecular complexity index is 383. The molecule has 0 fully saturated rings. The summed E-state index contributed by atoms with van der Waals surface area (Å²) in [5.41, 5.74) is 0.789. The standard InChI is InChI=1S/C15H26N2O/c1-6-13(7-2)17-11-10-12(16-17)8-9-14(18)15(3,4)5/h10-11,13H,6-9H2,1-5H3. The molecular formula is C15H26N2O. The molecule has 0 aromatic carbocycles. The quantitative estimate of drug-likeness (QED) is 0.770. The Balaban J connectivity index is 2.57. The molecule has 3 heteroatoms. The lowest BCUT2D eigenvalue weighted by Crippen LogP contribution is -2.20. The van der Waals surface area contributed by atoms with Crippen molar-refractivity contribution >= 4 is 5.78 Å². The summed E-state index contributed by atoms with van der Waals surface area (Å²) < 4.78 is 2.04. The molecule has 0 bridgehead atoms. The van der Waals surface area contributed by atoms with Crippen LogP contribution in [0.2, 0.25) is 0 Å². The van der Waals surface area contributed by atoms with Gasteiger partial charge in [-0.25, -0.2) is 0 Å². The predicted octanol–water partition coefficient (Wildman–Crippen LogP) is 3.79. The van der Waals surface area contributed by atoms with E-state index in [2.05, 4.69) is 18.9 Å². The van der Waals surface area contributed by atoms with E-state index in [1.165, 1.54) is 0 Å². The third-order valence-electron chi connectivity index (χ3n) is 3.42. The Hall–Kier alpha value is -1.12. The zero-order valence-electron chi connectivity index (χ0n) is 12.4. The molecule has 0 spiro atoms. The number of carbonyl (C=O) groups excluding carboxylic acids is 1. The first-order valence-electron chi connectivity index (χ1n) is 6.95. The number of aryl methyl sites for hydroxylation is 1. The number of ketones is 1. The van der Waals surface area contributed by atoms with Crippen molar-refractivity contribution in [1.82, 2.24) is 9.78 Å². The van der Waals surface area contributed by atoms with Crippen molar-refractivity contribution in [1.29, 1.82) is 0 Å². The van der Waals surface area contributed by atoms with Crippen LogP contribution in [-0.4, -0.2) is 15.6 Å². The summed E-state index contributed by atoms with van der Waals surface area (Å²) in [5, 5.41) is 4.57. The van der Waals surface area contributed by atoms with E-state index in [-0.39, 0.29) is 5.41 Å². The van der Waals surface area contributed by atoms with Crippen molar-refractivity contribution in [3.63, 3.8) is 0 Å². The van der Waals surface area contributed by atoms with Gasteiger partial charge in [-0.1, -0.05) is 34.6 Å². The molecular weight excluding hydrogens is 224 g/mol. The molecule has 0 aliphatic carbocycles. The SMILES string of the molecule is CCC(CC)n1ccc(CCC(=O)C(C)(C)C)n1. The predicted molar refractivity (Wildman–Crippen MR) is 74.6 cm³/mol. The van der Waals surface area contributed by atoms with Gasteiger partial charge in [0.15, 0.2) is 0 Å². The average molecular weight is 250 g/mol. The van der Waals surface area contributed by atoms with Gasteiger partial charge in [0.1, 0.15) is 5.78 Å². The van der Waals surface area contributed by atoms with E-state index < -0.39 is 0 Å². The third kappa shape index (κ3) is 3.97. The zero-order chi connectivity index (χ0) is 13.8. The normalized spacial score (nSPS) is 12.1. The lowest BCUT2D eigenvalue weighted by Gasteiger charge is -2.15. The zero-order valence-corrected chi connectivity index (χ0v) is 12.4. The van der Waals surface area contributed by atoms with E-state index in [1.54, 1.807) is 0 Å². The highest BCUT2D eigenvalue weighted by atomic mass is 16.1. The minimum atomic E-state index is -0.238. The maximum atomic E-state index is 11.9. The van der Waals surface area contributed by atoms with Gasteiger partial charge in [0.2, 0.25) is 0 Å². The van der Waals surface area contributed by atoms with E-state index in [0.29, 0.717) is 18.2 Å². The third-order valence-corrected chi connectivity index (χ3v) is 3.42. The highest BCUT2D eigenvalue weighted by Crippen LogP contribution is 2.19. The summed E-state index contributed by atoms with van der Waals surface area (Å²) in [6, 6.07) is 2.52. The van der Waals surface area contributed by atoms with E-state index in [9.17, 15) is 4.79 Å². The second kappa shape index (κ2) is 6.17. The number of rotatable bonds is 6. The fourth-order valence-corrected chi connectivity index (χ4v) is 1.99. The largest absolute Gasteiger partial charge is 0.299 e. The van der Waals surface area contributed by atoms with Gasteiger partial charge in [-0.15, -0.1) is 0 Å². The monoisotopic (exact) mass is 250 g/mol. The van der Waals surface area contributed by atoms with Crippen LogP contribution in [0, 0.1) is 5.41 Å². The van der Waals surface area contributed by atoms with Crippen molar-refractivity contribution < 1.29 is 4.79 Å². The van der Waals surface area contributed by atoms with Crippen molar-refractivity contribution in [2.24, 2.45) is 5.41 Å². The van der Waals surface area contributed by atoms with Crippen LogP contribution in [0.25, 0.3) is 0 Å². The Morgan fingerprint density at radius 2 is 1.94 bits per heavy atom. The molecule has 102 valence electrons. The highest BCUT2D eigenvalue weighted by molar-refractivity contribution is 5.83. The molecule has 0 unspecified atom stereocenters. The maximum Gasteiger partial charge on any atom is 0.138 e. The lowest BCUT2D eigenvalue weighted by molar-refractivity contribution is -0.126. The van der Waals surface area contributed by atoms with Crippen LogP contribution in [0.5, 0.6) is 0 Å². The lowest BCUT2D eigenvalue weighted by atomic mass is 9.88. The van der Waals surface area contributed by atoms with Crippen LogP contribution in [0.3, 0.4) is 0 Å². The van der Waals surface area contributed by atoms with Crippen LogP contribution in [0.15, 0.2) is 12.3 Å². The molecule has 1 aromatic rings. The second-order valence-electron chi connectivity index (χ2n) is 5.93. The summed E-state index contributed by atoms with van der Waals surface area (Å²) in [7, 11) is 0. The van der Waals surface area contributed by atoms with Gasteiger partial charge >= 0.3 is 0 Å². The highest BCUT2D eigenvalue weighted by Gasteiger charge is 2.20. The van der Waals surface area contributed by atoms with Crippen molar-refractivity contribution in [3.05, 3.63) is 18.0 Å². The summed E-state index contributed by atoms with van der Waals surface area (Å²) >= 11 is 0. The molecule has 1 rings (SSSR count). The molecule has 0 saturated carbocycles. The number of hydrogen-bond acceptors (Lipinski definition) is 2. The molecule has 0 atom stereocenters. The van der Waals surface area contributed by atoms with Crippen LogP contribution in [0.4, 0.5) is 0 Å². The minimum absolute atomic E-state index is 0.238. The van der Waals surface area contributed by atoms with Crippen molar-refractivity contribution in [3.8, 4) is 0 Å². The van der Waals surface area contributed by atoms with Crippen molar-refractivity contribution in [2.45, 2.75) is 66.3 Å². The van der Waals surface area contributed by atoms with Crippen LogP contribution >= 0.6 is 0 Å². The fraction of sp³-hybridized carbons (Fsp3) is 0.733. The molecule has 0 radical (unpaired) electrons. The summed E-state index contributed by atoms with van der Waals surface area (Å²) in [6.07, 6.45) is 5.57. The Morgan fingerprint density at radius 1 is 1.33 bits per heavy atom. The van der Waals surface area contributed by atoms with Gasteiger partial charge in [0.05, 0.1) is 11.7 Å². The molecule has 0 amide bonds. The second-order valence-corrected chi connectivity index (χ2v) is 5.93. The Morgan fingerprint density at radius 3 is 2.44 bits per heavy atom. The van der Waals surface area contributed by atoms with Gasteiger partial charge in [0, 0.05) is 18.0 Å². The van der Waals surface area contributed by atoms with Crippen molar-refractivity contribution in [2.75, 3.05) is 0 Å². The summed E-state index contributed by atoms with van der Waals surface area (Å²) in [6.45, 7) is 10.3. The molecule has 0 saturated heterocycles. The number of nitrogens with zero attached hydrogens (tertiary/aromatic N) is 2. The number of Topliss-reactive ketones (excluding diaryl/α,β-unsaturated/α-hetero) is 1. The van der Waals surface area contributed by atoms with Gasteiger partial charge in [-0.2, -0.15) is 5.10 Å². The van der Waals surface area contributed by atoms with Crippen LogP contribution < -0.4 is 0 Å². The molecule has 0 aliphatic heterocycles. The number of aromatic nitrogens is 2. The summed E-state index contributed by atoms with van der Waals surface area (Å²) in [5.74, 6) is 0.305. The minimum Gasteiger partial charge on any atom is -0.299 e. The van der Waals surface area contributed by atoms with E-state index >= 15 is 0 Å². The first kappa shape index (κ1) is 14.9. The Kier molecular flexibility index (Phi) is 5.12. The van der Waals surface area contributed by atoms with E-state index in [1.807, 2.05) is 37.7 Å². The molecule has 1 aromatic heterocycles. The Labute approximate surface area is 111 Å². The molecule has 0 N–H and O–H groups in total. The van der Waals surface area contributed by atoms with Crippen LogP contribution in [0.1, 0.15) is 65.6 Å². The molecule has 18 heavy (non-hydrogen) atoms. The molecule has 0 aliphatic rings. The fourth-order valence-electron chi connectivity index (χ4n) is 1.99. The number of hydrogen-bond donors (Lipinski definition) is 0. The first-order valence-corrected chi connectivity index (χ1v) is 6.95. The van der Waals surface area contributed by atoms with Crippen LogP contribution in [-0.2, 0) is 11.2 Å². The first-order chi connectivity index (χ1) is 8.38. The van der Waals surface area contributed by atoms with Gasteiger partial charge in [-0.3, -0.25) is 9.48 Å². The average Bonchev–Trinajstić information content (AvgIpc) is 2.75. The van der Waals surface area contributed by atoms with Gasteiger partial charge in [0.25, 0.3) is 0 Å². The van der Waals surface area contributed by atoms with Gasteiger partial charge in [-0.05, 0) is 25.3 Å².